The van der Waals surface area contributed by atoms with Crippen LogP contribution in [0.5, 0.6) is 23.0 Å². The van der Waals surface area contributed by atoms with Crippen molar-refractivity contribution in [3.05, 3.63) is 41.6 Å². The third kappa shape index (κ3) is 2.54. The van der Waals surface area contributed by atoms with Crippen LogP contribution in [0.4, 0.5) is 0 Å². The molecule has 0 atom stereocenters. The van der Waals surface area contributed by atoms with Gasteiger partial charge in [0.1, 0.15) is 17.2 Å². The molecule has 0 unspecified atom stereocenters. The van der Waals surface area contributed by atoms with E-state index in [4.69, 9.17) is 9.47 Å². The topological polar surface area (TPSA) is 87.6 Å². The van der Waals surface area contributed by atoms with E-state index >= 15 is 0 Å². The summed E-state index contributed by atoms with van der Waals surface area (Å²) >= 11 is 0. The van der Waals surface area contributed by atoms with Gasteiger partial charge in [0.05, 0.1) is 0 Å². The van der Waals surface area contributed by atoms with Crippen molar-refractivity contribution < 1.29 is 19.7 Å². The summed E-state index contributed by atoms with van der Waals surface area (Å²) in [6, 6.07) is 8.84. The molecule has 0 bridgehead atoms. The van der Waals surface area contributed by atoms with Gasteiger partial charge in [-0.25, -0.2) is 0 Å². The van der Waals surface area contributed by atoms with Crippen molar-refractivity contribution in [3.63, 3.8) is 0 Å². The fraction of sp³-hybridized carbons (Fsp3) is 0.250. The summed E-state index contributed by atoms with van der Waals surface area (Å²) in [5.74, 6) is 1.65. The number of ether oxygens (including phenoxy) is 2. The summed E-state index contributed by atoms with van der Waals surface area (Å²) in [6.45, 7) is 6.16. The minimum Gasteiger partial charge on any atom is -0.508 e. The maximum atomic E-state index is 10.4. The number of benzene rings is 2. The van der Waals surface area contributed by atoms with Gasteiger partial charge in [-0.15, -0.1) is 0 Å². The Morgan fingerprint density at radius 1 is 1.04 bits per heavy atom. The van der Waals surface area contributed by atoms with Crippen molar-refractivity contribution in [2.45, 2.75) is 26.7 Å². The second-order valence-corrected chi connectivity index (χ2v) is 6.74. The first-order chi connectivity index (χ1) is 12.5. The zero-order chi connectivity index (χ0) is 18.4. The van der Waals surface area contributed by atoms with Gasteiger partial charge < -0.3 is 19.7 Å². The molecule has 1 aliphatic heterocycles. The number of aromatic nitrogens is 2. The van der Waals surface area contributed by atoms with E-state index in [0.29, 0.717) is 28.3 Å². The Bertz CT molecular complexity index is 992. The number of aromatic amines is 1. The van der Waals surface area contributed by atoms with Gasteiger partial charge in [0.25, 0.3) is 0 Å². The number of phenolic OH excluding ortho intramolecular Hbond substituents is 2. The van der Waals surface area contributed by atoms with Crippen LogP contribution in [-0.4, -0.2) is 27.2 Å². The molecule has 2 aromatic carbocycles. The van der Waals surface area contributed by atoms with Crippen LogP contribution >= 0.6 is 0 Å². The van der Waals surface area contributed by atoms with Crippen LogP contribution in [-0.2, 0) is 0 Å². The highest BCUT2D eigenvalue weighted by Crippen LogP contribution is 2.44. The van der Waals surface area contributed by atoms with Crippen molar-refractivity contribution in [2.75, 3.05) is 6.79 Å². The number of hydrogen-bond acceptors (Lipinski definition) is 5. The monoisotopic (exact) mass is 352 g/mol. The lowest BCUT2D eigenvalue weighted by atomic mass is 9.93. The average Bonchev–Trinajstić information content (AvgIpc) is 3.23. The quantitative estimate of drug-likeness (QED) is 0.653. The van der Waals surface area contributed by atoms with E-state index in [1.165, 1.54) is 6.07 Å². The number of hydrogen-bond donors (Lipinski definition) is 3. The lowest BCUT2D eigenvalue weighted by Crippen LogP contribution is -1.93. The lowest BCUT2D eigenvalue weighted by Gasteiger charge is -2.11. The normalized spacial score (nSPS) is 12.8. The van der Waals surface area contributed by atoms with Crippen LogP contribution in [0.1, 0.15) is 31.0 Å². The maximum Gasteiger partial charge on any atom is 0.231 e. The van der Waals surface area contributed by atoms with E-state index in [2.05, 4.69) is 24.0 Å². The summed E-state index contributed by atoms with van der Waals surface area (Å²) in [4.78, 5) is 0. The second-order valence-electron chi connectivity index (χ2n) is 6.74. The van der Waals surface area contributed by atoms with Gasteiger partial charge in [-0.1, -0.05) is 19.9 Å². The smallest absolute Gasteiger partial charge is 0.231 e. The molecule has 4 rings (SSSR count). The first kappa shape index (κ1) is 16.3. The first-order valence-electron chi connectivity index (χ1n) is 8.47. The van der Waals surface area contributed by atoms with Gasteiger partial charge in [-0.2, -0.15) is 5.10 Å². The number of phenols is 2. The van der Waals surface area contributed by atoms with Crippen molar-refractivity contribution >= 4 is 0 Å². The third-order valence-electron chi connectivity index (χ3n) is 4.60. The minimum atomic E-state index is -0.0168. The summed E-state index contributed by atoms with van der Waals surface area (Å²) in [7, 11) is 0. The molecular weight excluding hydrogens is 332 g/mol. The summed E-state index contributed by atoms with van der Waals surface area (Å²) in [5.41, 5.74) is 4.65. The number of aryl methyl sites for hydroxylation is 1. The van der Waals surface area contributed by atoms with E-state index in [1.54, 1.807) is 13.0 Å². The Kier molecular flexibility index (Phi) is 3.76. The Labute approximate surface area is 151 Å². The number of aromatic hydroxyl groups is 2. The van der Waals surface area contributed by atoms with E-state index in [-0.39, 0.29) is 24.2 Å². The highest BCUT2D eigenvalue weighted by atomic mass is 16.7. The average molecular weight is 352 g/mol. The number of nitrogens with zero attached hydrogens (tertiary/aromatic N) is 1. The SMILES string of the molecule is Cc1cc(-c2n[nH]c(C(C)C)c2-c2ccc3c(c2)OCO3)c(O)cc1O. The molecule has 134 valence electrons. The molecule has 26 heavy (non-hydrogen) atoms. The Morgan fingerprint density at radius 3 is 2.58 bits per heavy atom. The molecule has 1 aromatic heterocycles. The van der Waals surface area contributed by atoms with Crippen LogP contribution in [0.15, 0.2) is 30.3 Å². The second kappa shape index (κ2) is 5.98. The van der Waals surface area contributed by atoms with E-state index in [1.807, 2.05) is 18.2 Å². The van der Waals surface area contributed by atoms with Gasteiger partial charge in [0, 0.05) is 22.9 Å². The molecule has 0 radical (unpaired) electrons. The summed E-state index contributed by atoms with van der Waals surface area (Å²) in [5, 5.41) is 27.8. The minimum absolute atomic E-state index is 0.0168. The highest BCUT2D eigenvalue weighted by molar-refractivity contribution is 5.86. The van der Waals surface area contributed by atoms with Gasteiger partial charge >= 0.3 is 0 Å². The molecule has 0 fully saturated rings. The molecule has 6 nitrogen and oxygen atoms in total. The molecule has 0 saturated carbocycles. The Balaban J connectivity index is 1.94. The van der Waals surface area contributed by atoms with Crippen LogP contribution in [0.3, 0.4) is 0 Å². The molecule has 0 aliphatic carbocycles. The van der Waals surface area contributed by atoms with Gasteiger partial charge in [0.15, 0.2) is 11.5 Å². The van der Waals surface area contributed by atoms with Crippen molar-refractivity contribution in [1.82, 2.24) is 10.2 Å². The molecule has 0 saturated heterocycles. The summed E-state index contributed by atoms with van der Waals surface area (Å²) < 4.78 is 10.9. The summed E-state index contributed by atoms with van der Waals surface area (Å²) in [6.07, 6.45) is 0. The standard InChI is InChI=1S/C20H20N2O4/c1-10(2)19-18(12-4-5-16-17(7-12)26-9-25-16)20(22-21-19)13-6-11(3)14(23)8-15(13)24/h4-8,10,23-24H,9H2,1-3H3,(H,21,22). The van der Waals surface area contributed by atoms with Gasteiger partial charge in [0.2, 0.25) is 6.79 Å². The fourth-order valence-corrected chi connectivity index (χ4v) is 3.19. The Hall–Kier alpha value is -3.15. The van der Waals surface area contributed by atoms with Gasteiger partial charge in [-0.05, 0) is 42.2 Å². The Morgan fingerprint density at radius 2 is 1.81 bits per heavy atom. The van der Waals surface area contributed by atoms with Crippen LogP contribution < -0.4 is 9.47 Å². The van der Waals surface area contributed by atoms with Crippen molar-refractivity contribution in [3.8, 4) is 45.4 Å². The molecule has 0 amide bonds. The number of H-pyrrole nitrogens is 1. The molecule has 3 aromatic rings. The van der Waals surface area contributed by atoms with Crippen LogP contribution in [0, 0.1) is 6.92 Å². The van der Waals surface area contributed by atoms with Gasteiger partial charge in [-0.3, -0.25) is 5.10 Å². The highest BCUT2D eigenvalue weighted by Gasteiger charge is 2.23. The zero-order valence-electron chi connectivity index (χ0n) is 14.8. The molecular formula is C20H20N2O4. The predicted molar refractivity (Wildman–Crippen MR) is 97.7 cm³/mol. The zero-order valence-corrected chi connectivity index (χ0v) is 14.8. The molecule has 2 heterocycles. The maximum absolute atomic E-state index is 10.4. The van der Waals surface area contributed by atoms with Crippen molar-refractivity contribution in [2.24, 2.45) is 0 Å². The number of fused-ring (bicyclic) bond motifs is 1. The molecule has 6 heteroatoms. The van der Waals surface area contributed by atoms with E-state index in [9.17, 15) is 10.2 Å². The lowest BCUT2D eigenvalue weighted by molar-refractivity contribution is 0.174. The van der Waals surface area contributed by atoms with Crippen LogP contribution in [0.25, 0.3) is 22.4 Å². The molecule has 1 aliphatic rings. The fourth-order valence-electron chi connectivity index (χ4n) is 3.19. The number of rotatable bonds is 3. The number of nitrogens with one attached hydrogen (secondary N) is 1. The van der Waals surface area contributed by atoms with Crippen LogP contribution in [0.2, 0.25) is 0 Å². The third-order valence-corrected chi connectivity index (χ3v) is 4.60. The molecule has 0 spiro atoms. The molecule has 3 N–H and O–H groups in total. The predicted octanol–water partition coefficient (Wildman–Crippen LogP) is 4.32. The van der Waals surface area contributed by atoms with Crippen molar-refractivity contribution in [1.29, 1.82) is 0 Å². The largest absolute Gasteiger partial charge is 0.508 e. The van der Waals surface area contributed by atoms with E-state index < -0.39 is 0 Å². The van der Waals surface area contributed by atoms with E-state index in [0.717, 1.165) is 16.8 Å². The first-order valence-corrected chi connectivity index (χ1v) is 8.47.